The molecule has 1 aromatic rings. The molecule has 1 amide bonds. The van der Waals surface area contributed by atoms with E-state index in [1.165, 1.54) is 12.0 Å². The van der Waals surface area contributed by atoms with Crippen molar-refractivity contribution in [2.45, 2.75) is 187 Å². The number of carbonyl (C=O) groups is 5. The first-order valence-electron chi connectivity index (χ1n) is 27.2. The van der Waals surface area contributed by atoms with Crippen molar-refractivity contribution in [1.82, 2.24) is 14.9 Å². The summed E-state index contributed by atoms with van der Waals surface area (Å²) in [5.74, 6) is -8.11. The van der Waals surface area contributed by atoms with Gasteiger partial charge >= 0.3 is 5.97 Å². The lowest BCUT2D eigenvalue weighted by molar-refractivity contribution is -0.266. The molecule has 4 heterocycles. The van der Waals surface area contributed by atoms with E-state index in [0.29, 0.717) is 69.4 Å². The average molecular weight is 1050 g/mol. The Balaban J connectivity index is 1.48. The second-order valence-corrected chi connectivity index (χ2v) is 21.7. The minimum absolute atomic E-state index is 0.0115. The highest BCUT2D eigenvalue weighted by Crippen LogP contribution is 2.38. The summed E-state index contributed by atoms with van der Waals surface area (Å²) in [5.41, 5.74) is 1.82. The first-order valence-corrected chi connectivity index (χ1v) is 27.2. The molecule has 4 aliphatic rings. The van der Waals surface area contributed by atoms with Crippen LogP contribution in [-0.2, 0) is 63.7 Å². The van der Waals surface area contributed by atoms with Crippen LogP contribution in [0.1, 0.15) is 131 Å². The van der Waals surface area contributed by atoms with Gasteiger partial charge in [-0.05, 0) is 107 Å². The summed E-state index contributed by atoms with van der Waals surface area (Å²) in [6.07, 6.45) is 16.6. The summed E-state index contributed by atoms with van der Waals surface area (Å²) < 4.78 is 41.9. The number of rotatable bonds is 12. The summed E-state index contributed by atoms with van der Waals surface area (Å²) in [5, 5.41) is 23.8. The fourth-order valence-electron chi connectivity index (χ4n) is 11.1. The molecule has 15 atom stereocenters. The Kier molecular flexibility index (Phi) is 24.6. The number of nitrogens with zero attached hydrogens (tertiary/aromatic N) is 3. The number of Topliss-reactive ketones (excluding diaryl/α,β-unsaturated/α-hetero) is 3. The van der Waals surface area contributed by atoms with Gasteiger partial charge in [0.05, 0.1) is 56.1 Å². The maximum atomic E-state index is 14.6. The smallest absolute Gasteiger partial charge is 0.329 e. The largest absolute Gasteiger partial charge is 0.460 e. The topological polar surface area (TPSA) is 219 Å². The molecule has 5 rings (SSSR count). The number of aliphatic hydroxyl groups excluding tert-OH is 1. The number of hydrogen-bond donors (Lipinski definition) is 2. The molecule has 0 aromatic carbocycles. The van der Waals surface area contributed by atoms with E-state index < -0.39 is 77.8 Å². The molecule has 418 valence electrons. The third kappa shape index (κ3) is 17.3. The fraction of sp³-hybridized carbons (Fsp3) is 0.707. The lowest BCUT2D eigenvalue weighted by Gasteiger charge is -2.43. The molecule has 0 radical (unpaired) electrons. The van der Waals surface area contributed by atoms with Gasteiger partial charge in [0.1, 0.15) is 30.1 Å². The third-order valence-corrected chi connectivity index (χ3v) is 15.8. The molecule has 3 aliphatic heterocycles. The van der Waals surface area contributed by atoms with Crippen LogP contribution in [0.5, 0.6) is 0 Å². The van der Waals surface area contributed by atoms with E-state index in [4.69, 9.17) is 33.2 Å². The Labute approximate surface area is 445 Å². The van der Waals surface area contributed by atoms with Gasteiger partial charge in [0, 0.05) is 70.9 Å². The van der Waals surface area contributed by atoms with Crippen molar-refractivity contribution in [1.29, 1.82) is 0 Å². The normalized spacial score (nSPS) is 34.3. The van der Waals surface area contributed by atoms with Crippen LogP contribution in [0.2, 0.25) is 0 Å². The summed E-state index contributed by atoms with van der Waals surface area (Å²) in [6, 6.07) is -1.16. The van der Waals surface area contributed by atoms with Gasteiger partial charge in [-0.2, -0.15) is 0 Å². The molecule has 2 saturated heterocycles. The number of esters is 1. The van der Waals surface area contributed by atoms with Crippen molar-refractivity contribution < 1.29 is 67.3 Å². The molecule has 3 fully saturated rings. The van der Waals surface area contributed by atoms with Crippen molar-refractivity contribution in [2.75, 3.05) is 41.1 Å². The van der Waals surface area contributed by atoms with Gasteiger partial charge in [-0.15, -0.1) is 0 Å². The summed E-state index contributed by atoms with van der Waals surface area (Å²) in [6.45, 7) is 13.8. The van der Waals surface area contributed by atoms with Crippen LogP contribution in [0.25, 0.3) is 0 Å². The summed E-state index contributed by atoms with van der Waals surface area (Å²) >= 11 is 0. The van der Waals surface area contributed by atoms with Crippen LogP contribution in [0.15, 0.2) is 66.2 Å². The van der Waals surface area contributed by atoms with E-state index >= 15 is 0 Å². The van der Waals surface area contributed by atoms with Crippen LogP contribution in [0.3, 0.4) is 0 Å². The second kappa shape index (κ2) is 30.0. The van der Waals surface area contributed by atoms with Gasteiger partial charge < -0.3 is 48.3 Å². The van der Waals surface area contributed by atoms with E-state index in [9.17, 15) is 34.2 Å². The minimum Gasteiger partial charge on any atom is -0.460 e. The van der Waals surface area contributed by atoms with Crippen molar-refractivity contribution >= 4 is 29.2 Å². The number of cyclic esters (lactones) is 1. The highest BCUT2D eigenvalue weighted by Gasteiger charge is 2.53. The number of ether oxygens (including phenoxy) is 7. The molecule has 0 spiro atoms. The summed E-state index contributed by atoms with van der Waals surface area (Å²) in [4.78, 5) is 81.5. The number of amides is 1. The Hall–Kier alpha value is -4.33. The zero-order valence-electron chi connectivity index (χ0n) is 46.2. The van der Waals surface area contributed by atoms with Crippen molar-refractivity contribution in [3.05, 3.63) is 71.9 Å². The van der Waals surface area contributed by atoms with Crippen LogP contribution >= 0.6 is 0 Å². The maximum absolute atomic E-state index is 14.6. The molecule has 2 N–H and O–H groups in total. The molecule has 17 heteroatoms. The molecule has 1 saturated carbocycles. The van der Waals surface area contributed by atoms with Crippen molar-refractivity contribution in [2.24, 2.45) is 35.5 Å². The number of piperidine rings is 1. The van der Waals surface area contributed by atoms with Gasteiger partial charge in [-0.25, -0.2) is 4.79 Å². The number of hydrogen-bond acceptors (Lipinski definition) is 16. The number of fused-ring (bicyclic) bond motifs is 3. The van der Waals surface area contributed by atoms with Crippen LogP contribution < -0.4 is 0 Å². The van der Waals surface area contributed by atoms with Gasteiger partial charge in [0.25, 0.3) is 11.7 Å². The molecular weight excluding hydrogens is 963 g/mol. The van der Waals surface area contributed by atoms with Crippen LogP contribution in [0.4, 0.5) is 0 Å². The van der Waals surface area contributed by atoms with E-state index in [2.05, 4.69) is 9.97 Å². The SMILES string of the molecule is COCCO[C@@H]1CC[C@@H](C[C@@H](C)[C@@H]2CC(=O)[C@H](C)C=C(C)[C@@H](O)[C@@H](OC)C(=O)[C@H](C)C[C@H](C)C=CC=CC=C(C)[C@H](OCc3cnccn3)C[C@@H]3CC[C@@H](C)[C@@](O)(O3)C(=O)C(=O)N3CCCC[C@H]3C(=O)O2)C[C@H]1OC. The molecule has 17 nitrogen and oxygen atoms in total. The lowest BCUT2D eigenvalue weighted by Crippen LogP contribution is -2.61. The monoisotopic (exact) mass is 1050 g/mol. The Morgan fingerprint density at radius 2 is 1.63 bits per heavy atom. The van der Waals surface area contributed by atoms with E-state index in [-0.39, 0.29) is 73.9 Å². The van der Waals surface area contributed by atoms with E-state index in [1.807, 2.05) is 58.1 Å². The minimum atomic E-state index is -2.49. The van der Waals surface area contributed by atoms with Crippen molar-refractivity contribution in [3.8, 4) is 0 Å². The van der Waals surface area contributed by atoms with Gasteiger partial charge in [0.15, 0.2) is 5.78 Å². The van der Waals surface area contributed by atoms with Crippen LogP contribution in [0, 0.1) is 35.5 Å². The molecule has 2 bridgehead atoms. The van der Waals surface area contributed by atoms with Crippen molar-refractivity contribution in [3.63, 3.8) is 0 Å². The highest BCUT2D eigenvalue weighted by molar-refractivity contribution is 6.39. The Bertz CT molecular complexity index is 2150. The van der Waals surface area contributed by atoms with Gasteiger partial charge in [-0.3, -0.25) is 29.1 Å². The van der Waals surface area contributed by atoms with Crippen LogP contribution in [-0.4, -0.2) is 150 Å². The summed E-state index contributed by atoms with van der Waals surface area (Å²) in [7, 11) is 4.67. The molecular formula is C58H87N3O14. The molecule has 0 unspecified atom stereocenters. The predicted molar refractivity (Wildman–Crippen MR) is 281 cm³/mol. The average Bonchev–Trinajstić information content (AvgIpc) is 3.40. The zero-order valence-corrected chi connectivity index (χ0v) is 46.2. The predicted octanol–water partition coefficient (Wildman–Crippen LogP) is 7.21. The Morgan fingerprint density at radius 3 is 2.33 bits per heavy atom. The number of methoxy groups -OCH3 is 3. The molecule has 1 aromatic heterocycles. The third-order valence-electron chi connectivity index (χ3n) is 15.8. The highest BCUT2D eigenvalue weighted by atomic mass is 16.6. The lowest BCUT2D eigenvalue weighted by atomic mass is 9.78. The quantitative estimate of drug-likeness (QED) is 0.0914. The maximum Gasteiger partial charge on any atom is 0.329 e. The fourth-order valence-corrected chi connectivity index (χ4v) is 11.1. The molecule has 1 aliphatic carbocycles. The molecule has 75 heavy (non-hydrogen) atoms. The number of carbonyl (C=O) groups excluding carboxylic acids is 5. The standard InChI is InChI=1S/C58H87N3O14/c1-36-16-12-11-13-17-37(2)49(73-35-44-34-59-23-24-60-44)32-45-21-19-42(7)58(68,75-45)55(65)56(66)61-25-15-14-18-46(61)57(67)74-50(39(4)30-43-20-22-48(51(31-43)70-9)72-27-26-69-8)33-47(62)38(3)29-41(6)53(64)54(71-10)52(63)40(5)28-36/h11-13,16-17,23-24,29,34,36,38-40,42-43,45-46,48-51,53-54,64,68H,14-15,18-22,25-28,30-33,35H2,1-10H3/t36-,38-,39-,40-,42-,43+,45+,46+,48-,49-,50+,51-,53-,54+,58-/m1/s1. The number of aliphatic hydroxyl groups is 2. The van der Waals surface area contributed by atoms with Gasteiger partial charge in [0.2, 0.25) is 5.79 Å². The first-order chi connectivity index (χ1) is 35.8. The van der Waals surface area contributed by atoms with E-state index in [0.717, 1.165) is 18.4 Å². The second-order valence-electron chi connectivity index (χ2n) is 21.7. The first kappa shape index (κ1) is 61.5. The number of allylic oxidation sites excluding steroid dienone is 6. The van der Waals surface area contributed by atoms with Gasteiger partial charge in [-0.1, -0.05) is 71.1 Å². The Morgan fingerprint density at radius 1 is 0.853 bits per heavy atom. The number of ketones is 3. The number of aromatic nitrogens is 2. The van der Waals surface area contributed by atoms with E-state index in [1.54, 1.807) is 59.7 Å². The zero-order chi connectivity index (χ0) is 54.8.